The van der Waals surface area contributed by atoms with Gasteiger partial charge in [-0.1, -0.05) is 13.8 Å². The number of carbonyl (C=O) groups is 2. The van der Waals surface area contributed by atoms with Crippen molar-refractivity contribution in [1.82, 2.24) is 9.80 Å². The third-order valence-corrected chi connectivity index (χ3v) is 3.46. The molecule has 1 fully saturated rings. The van der Waals surface area contributed by atoms with Gasteiger partial charge in [0, 0.05) is 19.6 Å². The number of amides is 1. The van der Waals surface area contributed by atoms with Crippen molar-refractivity contribution in [1.29, 1.82) is 0 Å². The van der Waals surface area contributed by atoms with E-state index in [1.54, 1.807) is 0 Å². The van der Waals surface area contributed by atoms with Crippen molar-refractivity contribution in [3.05, 3.63) is 0 Å². The molecule has 1 aliphatic rings. The molecule has 0 aromatic heterocycles. The molecule has 5 nitrogen and oxygen atoms in total. The molecule has 1 rings (SSSR count). The Labute approximate surface area is 109 Å². The Bertz CT molecular complexity index is 294. The Morgan fingerprint density at radius 3 is 2.72 bits per heavy atom. The van der Waals surface area contributed by atoms with Gasteiger partial charge >= 0.3 is 5.97 Å². The van der Waals surface area contributed by atoms with E-state index in [0.717, 1.165) is 19.5 Å². The zero-order chi connectivity index (χ0) is 13.5. The lowest BCUT2D eigenvalue weighted by Crippen LogP contribution is -2.45. The average molecular weight is 256 g/mol. The molecule has 1 aliphatic heterocycles. The van der Waals surface area contributed by atoms with E-state index in [9.17, 15) is 9.59 Å². The Hall–Kier alpha value is -1.10. The Balaban J connectivity index is 2.38. The summed E-state index contributed by atoms with van der Waals surface area (Å²) in [6.07, 6.45) is 2.37. The van der Waals surface area contributed by atoms with Crippen molar-refractivity contribution in [2.45, 2.75) is 33.1 Å². The molecule has 0 spiro atoms. The normalized spacial score (nSPS) is 20.2. The molecule has 0 aromatic carbocycles. The van der Waals surface area contributed by atoms with Crippen LogP contribution in [0.2, 0.25) is 0 Å². The second-order valence-electron chi connectivity index (χ2n) is 5.10. The maximum absolute atomic E-state index is 12.1. The van der Waals surface area contributed by atoms with Gasteiger partial charge in [0.15, 0.2) is 0 Å². The number of hydrogen-bond donors (Lipinski definition) is 1. The first-order chi connectivity index (χ1) is 8.52. The Morgan fingerprint density at radius 2 is 2.17 bits per heavy atom. The first-order valence-electron chi connectivity index (χ1n) is 6.74. The van der Waals surface area contributed by atoms with E-state index in [2.05, 4.69) is 6.92 Å². The fourth-order valence-electron chi connectivity index (χ4n) is 2.31. The number of aliphatic carboxylic acids is 1. The molecule has 0 bridgehead atoms. The number of nitrogens with zero attached hydrogens (tertiary/aromatic N) is 2. The fourth-order valence-corrected chi connectivity index (χ4v) is 2.31. The van der Waals surface area contributed by atoms with Crippen LogP contribution in [0.25, 0.3) is 0 Å². The predicted molar refractivity (Wildman–Crippen MR) is 69.3 cm³/mol. The third-order valence-electron chi connectivity index (χ3n) is 3.46. The zero-order valence-corrected chi connectivity index (χ0v) is 11.4. The number of piperidine rings is 1. The summed E-state index contributed by atoms with van der Waals surface area (Å²) in [7, 11) is 0. The lowest BCUT2D eigenvalue weighted by molar-refractivity contribution is -0.139. The second kappa shape index (κ2) is 7.36. The van der Waals surface area contributed by atoms with Crippen molar-refractivity contribution >= 4 is 11.9 Å². The van der Waals surface area contributed by atoms with E-state index < -0.39 is 5.97 Å². The van der Waals surface area contributed by atoms with Crippen LogP contribution in [0.3, 0.4) is 0 Å². The standard InChI is InChI=1S/C13H24N2O3/c1-3-14(8-6-13(17)18)10-12(16)15-7-4-5-11(2)9-15/h11H,3-10H2,1-2H3,(H,17,18). The highest BCUT2D eigenvalue weighted by molar-refractivity contribution is 5.78. The SMILES string of the molecule is CCN(CCC(=O)O)CC(=O)N1CCCC(C)C1. The number of carbonyl (C=O) groups excluding carboxylic acids is 1. The Kier molecular flexibility index (Phi) is 6.12. The minimum atomic E-state index is -0.813. The molecule has 1 atom stereocenters. The lowest BCUT2D eigenvalue weighted by atomic mass is 10.0. The highest BCUT2D eigenvalue weighted by Crippen LogP contribution is 2.15. The fraction of sp³-hybridized carbons (Fsp3) is 0.846. The molecule has 1 saturated heterocycles. The molecule has 0 aromatic rings. The van der Waals surface area contributed by atoms with E-state index in [1.165, 1.54) is 6.42 Å². The molecular weight excluding hydrogens is 232 g/mol. The van der Waals surface area contributed by atoms with Crippen LogP contribution in [0.4, 0.5) is 0 Å². The van der Waals surface area contributed by atoms with Crippen LogP contribution < -0.4 is 0 Å². The van der Waals surface area contributed by atoms with Gasteiger partial charge in [0.1, 0.15) is 0 Å². The second-order valence-corrected chi connectivity index (χ2v) is 5.10. The Morgan fingerprint density at radius 1 is 1.44 bits per heavy atom. The molecule has 0 aliphatic carbocycles. The minimum absolute atomic E-state index is 0.0948. The van der Waals surface area contributed by atoms with Crippen molar-refractivity contribution in [3.8, 4) is 0 Å². The topological polar surface area (TPSA) is 60.9 Å². The number of hydrogen-bond acceptors (Lipinski definition) is 3. The van der Waals surface area contributed by atoms with Gasteiger partial charge in [-0.05, 0) is 25.3 Å². The predicted octanol–water partition coefficient (Wildman–Crippen LogP) is 1.04. The highest BCUT2D eigenvalue weighted by atomic mass is 16.4. The molecule has 104 valence electrons. The largest absolute Gasteiger partial charge is 0.481 e. The van der Waals surface area contributed by atoms with Gasteiger partial charge in [-0.25, -0.2) is 0 Å². The summed E-state index contributed by atoms with van der Waals surface area (Å²) in [4.78, 5) is 26.4. The van der Waals surface area contributed by atoms with Gasteiger partial charge in [0.05, 0.1) is 13.0 Å². The molecule has 1 heterocycles. The van der Waals surface area contributed by atoms with Crippen LogP contribution in [-0.4, -0.2) is 59.5 Å². The van der Waals surface area contributed by atoms with Gasteiger partial charge in [-0.15, -0.1) is 0 Å². The van der Waals surface area contributed by atoms with E-state index >= 15 is 0 Å². The molecule has 1 amide bonds. The monoisotopic (exact) mass is 256 g/mol. The first-order valence-corrected chi connectivity index (χ1v) is 6.74. The number of likely N-dealkylation sites (N-methyl/N-ethyl adjacent to an activating group) is 1. The summed E-state index contributed by atoms with van der Waals surface area (Å²) in [6, 6.07) is 0. The van der Waals surface area contributed by atoms with Gasteiger partial charge in [-0.2, -0.15) is 0 Å². The van der Waals surface area contributed by atoms with Gasteiger partial charge in [0.25, 0.3) is 0 Å². The summed E-state index contributed by atoms with van der Waals surface area (Å²) < 4.78 is 0. The van der Waals surface area contributed by atoms with Gasteiger partial charge in [0.2, 0.25) is 5.91 Å². The van der Waals surface area contributed by atoms with Crippen LogP contribution in [0.1, 0.15) is 33.1 Å². The highest BCUT2D eigenvalue weighted by Gasteiger charge is 2.22. The summed E-state index contributed by atoms with van der Waals surface area (Å²) in [5.74, 6) is -0.0990. The number of likely N-dealkylation sites (tertiary alicyclic amines) is 1. The summed E-state index contributed by atoms with van der Waals surface area (Å²) >= 11 is 0. The van der Waals surface area contributed by atoms with Crippen molar-refractivity contribution in [2.75, 3.05) is 32.7 Å². The maximum Gasteiger partial charge on any atom is 0.304 e. The van der Waals surface area contributed by atoms with Crippen LogP contribution in [0.5, 0.6) is 0 Å². The molecule has 0 radical (unpaired) electrons. The zero-order valence-electron chi connectivity index (χ0n) is 11.4. The van der Waals surface area contributed by atoms with Crippen molar-refractivity contribution < 1.29 is 14.7 Å². The molecule has 18 heavy (non-hydrogen) atoms. The van der Waals surface area contributed by atoms with Crippen molar-refractivity contribution in [3.63, 3.8) is 0 Å². The van der Waals surface area contributed by atoms with E-state index in [4.69, 9.17) is 5.11 Å². The summed E-state index contributed by atoms with van der Waals surface area (Å²) in [5, 5.41) is 8.65. The smallest absolute Gasteiger partial charge is 0.304 e. The van der Waals surface area contributed by atoms with E-state index in [0.29, 0.717) is 25.6 Å². The van der Waals surface area contributed by atoms with Crippen LogP contribution in [-0.2, 0) is 9.59 Å². The molecule has 1 N–H and O–H groups in total. The average Bonchev–Trinajstić information content (AvgIpc) is 2.34. The molecule has 5 heteroatoms. The lowest BCUT2D eigenvalue weighted by Gasteiger charge is -2.32. The van der Waals surface area contributed by atoms with Crippen molar-refractivity contribution in [2.24, 2.45) is 5.92 Å². The van der Waals surface area contributed by atoms with Gasteiger partial charge in [-0.3, -0.25) is 14.5 Å². The summed E-state index contributed by atoms with van der Waals surface area (Å²) in [6.45, 7) is 7.31. The number of carboxylic acids is 1. The first kappa shape index (κ1) is 15.0. The number of carboxylic acid groups (broad SMARTS) is 1. The molecular formula is C13H24N2O3. The van der Waals surface area contributed by atoms with E-state index in [1.807, 2.05) is 16.7 Å². The van der Waals surface area contributed by atoms with Gasteiger partial charge < -0.3 is 10.0 Å². The quantitative estimate of drug-likeness (QED) is 0.771. The number of rotatable bonds is 6. The summed E-state index contributed by atoms with van der Waals surface area (Å²) in [5.41, 5.74) is 0. The third kappa shape index (κ3) is 5.04. The van der Waals surface area contributed by atoms with Crippen LogP contribution in [0, 0.1) is 5.92 Å². The molecule has 1 unspecified atom stereocenters. The van der Waals surface area contributed by atoms with Crippen LogP contribution >= 0.6 is 0 Å². The van der Waals surface area contributed by atoms with Crippen LogP contribution in [0.15, 0.2) is 0 Å². The van der Waals surface area contributed by atoms with E-state index in [-0.39, 0.29) is 12.3 Å². The molecule has 0 saturated carbocycles. The maximum atomic E-state index is 12.1. The minimum Gasteiger partial charge on any atom is -0.481 e.